The number of amides is 2. The van der Waals surface area contributed by atoms with E-state index in [2.05, 4.69) is 0 Å². The lowest BCUT2D eigenvalue weighted by atomic mass is 9.83. The second-order valence-corrected chi connectivity index (χ2v) is 8.72. The van der Waals surface area contributed by atoms with Crippen molar-refractivity contribution in [2.24, 2.45) is 5.92 Å². The maximum absolute atomic E-state index is 12.6. The molecule has 160 valence electrons. The van der Waals surface area contributed by atoms with Crippen LogP contribution in [-0.4, -0.2) is 57.8 Å². The number of nitrogens with zero attached hydrogens (tertiary/aromatic N) is 2. The number of hydrogen-bond donors (Lipinski definition) is 1. The van der Waals surface area contributed by atoms with Crippen molar-refractivity contribution in [3.8, 4) is 0 Å². The van der Waals surface area contributed by atoms with Crippen LogP contribution in [0.25, 0.3) is 0 Å². The summed E-state index contributed by atoms with van der Waals surface area (Å²) < 4.78 is 37.8. The molecular formula is C21H27F3N2O3. The minimum Gasteiger partial charge on any atom is -0.465 e. The minimum atomic E-state index is -4.84. The molecule has 8 heteroatoms. The van der Waals surface area contributed by atoms with Gasteiger partial charge in [0, 0.05) is 30.6 Å². The Morgan fingerprint density at radius 3 is 2.24 bits per heavy atom. The standard InChI is InChI=1S/C21H27F3N2O3/c1-20(2,13-14-8-10-25(11-9-14)18(27)21(22,23)24)26(19(28)29)17-12-16(17)15-6-4-3-5-7-15/h3-7,14,16-17H,8-13H2,1-2H3,(H,28,29)/t16-,17+/m0/s1. The van der Waals surface area contributed by atoms with Crippen LogP contribution in [0.15, 0.2) is 30.3 Å². The summed E-state index contributed by atoms with van der Waals surface area (Å²) in [5.41, 5.74) is 0.486. The molecule has 29 heavy (non-hydrogen) atoms. The monoisotopic (exact) mass is 412 g/mol. The average molecular weight is 412 g/mol. The second-order valence-electron chi connectivity index (χ2n) is 8.72. The summed E-state index contributed by atoms with van der Waals surface area (Å²) in [6.45, 7) is 3.88. The molecule has 0 aromatic heterocycles. The molecule has 2 aliphatic rings. The molecule has 0 unspecified atom stereocenters. The summed E-state index contributed by atoms with van der Waals surface area (Å²) in [4.78, 5) is 25.8. The van der Waals surface area contributed by atoms with Gasteiger partial charge in [-0.1, -0.05) is 30.3 Å². The minimum absolute atomic E-state index is 0.0578. The topological polar surface area (TPSA) is 60.9 Å². The van der Waals surface area contributed by atoms with E-state index in [1.54, 1.807) is 0 Å². The van der Waals surface area contributed by atoms with Crippen molar-refractivity contribution in [3.63, 3.8) is 0 Å². The van der Waals surface area contributed by atoms with Gasteiger partial charge in [-0.3, -0.25) is 9.69 Å². The first-order valence-electron chi connectivity index (χ1n) is 9.94. The highest BCUT2D eigenvalue weighted by molar-refractivity contribution is 5.81. The van der Waals surface area contributed by atoms with Crippen molar-refractivity contribution in [1.82, 2.24) is 9.80 Å². The predicted octanol–water partition coefficient (Wildman–Crippen LogP) is 4.49. The van der Waals surface area contributed by atoms with Gasteiger partial charge in [-0.2, -0.15) is 13.2 Å². The molecule has 1 saturated carbocycles. The molecule has 0 bridgehead atoms. The fourth-order valence-electron chi connectivity index (χ4n) is 4.70. The highest BCUT2D eigenvalue weighted by Gasteiger charge is 2.50. The van der Waals surface area contributed by atoms with Crippen LogP contribution in [0.5, 0.6) is 0 Å². The van der Waals surface area contributed by atoms with Gasteiger partial charge in [0.1, 0.15) is 0 Å². The Kier molecular flexibility index (Phi) is 5.83. The van der Waals surface area contributed by atoms with Crippen molar-refractivity contribution in [2.45, 2.75) is 63.2 Å². The molecule has 2 amide bonds. The molecule has 1 aliphatic heterocycles. The van der Waals surface area contributed by atoms with E-state index in [4.69, 9.17) is 0 Å². The molecule has 1 aromatic carbocycles. The molecule has 5 nitrogen and oxygen atoms in total. The summed E-state index contributed by atoms with van der Waals surface area (Å²) in [5.74, 6) is -1.53. The van der Waals surface area contributed by atoms with Crippen molar-refractivity contribution >= 4 is 12.0 Å². The molecule has 1 N–H and O–H groups in total. The molecule has 1 aliphatic carbocycles. The van der Waals surface area contributed by atoms with Crippen LogP contribution in [0, 0.1) is 5.92 Å². The van der Waals surface area contributed by atoms with Crippen LogP contribution in [0.1, 0.15) is 51.0 Å². The Bertz CT molecular complexity index is 743. The number of carbonyl (C=O) groups excluding carboxylic acids is 1. The lowest BCUT2D eigenvalue weighted by molar-refractivity contribution is -0.186. The third-order valence-electron chi connectivity index (χ3n) is 6.11. The van der Waals surface area contributed by atoms with E-state index in [-0.39, 0.29) is 31.0 Å². The molecular weight excluding hydrogens is 385 g/mol. The van der Waals surface area contributed by atoms with Gasteiger partial charge < -0.3 is 10.0 Å². The lowest BCUT2D eigenvalue weighted by Crippen LogP contribution is -2.51. The zero-order chi connectivity index (χ0) is 21.4. The summed E-state index contributed by atoms with van der Waals surface area (Å²) in [7, 11) is 0. The maximum atomic E-state index is 12.6. The van der Waals surface area contributed by atoms with E-state index in [9.17, 15) is 27.9 Å². The van der Waals surface area contributed by atoms with Gasteiger partial charge in [-0.25, -0.2) is 4.79 Å². The number of benzene rings is 1. The summed E-state index contributed by atoms with van der Waals surface area (Å²) in [6.07, 6.45) is -3.58. The first-order chi connectivity index (χ1) is 13.5. The number of likely N-dealkylation sites (tertiary alicyclic amines) is 1. The van der Waals surface area contributed by atoms with Crippen molar-refractivity contribution in [3.05, 3.63) is 35.9 Å². The molecule has 1 aromatic rings. The Labute approximate surface area is 168 Å². The number of alkyl halides is 3. The average Bonchev–Trinajstić information content (AvgIpc) is 3.40. The van der Waals surface area contributed by atoms with E-state index in [1.165, 1.54) is 4.90 Å². The van der Waals surface area contributed by atoms with E-state index < -0.39 is 23.7 Å². The van der Waals surface area contributed by atoms with Crippen molar-refractivity contribution < 1.29 is 27.9 Å². The number of piperidine rings is 1. The van der Waals surface area contributed by atoms with Crippen molar-refractivity contribution in [2.75, 3.05) is 13.1 Å². The van der Waals surface area contributed by atoms with Gasteiger partial charge in [0.2, 0.25) is 0 Å². The van der Waals surface area contributed by atoms with E-state index >= 15 is 0 Å². The van der Waals surface area contributed by atoms with Crippen molar-refractivity contribution in [1.29, 1.82) is 0 Å². The summed E-state index contributed by atoms with van der Waals surface area (Å²) in [6, 6.07) is 9.73. The highest BCUT2D eigenvalue weighted by Crippen LogP contribution is 2.48. The Morgan fingerprint density at radius 1 is 1.14 bits per heavy atom. The lowest BCUT2D eigenvalue weighted by Gasteiger charge is -2.42. The van der Waals surface area contributed by atoms with E-state index in [0.29, 0.717) is 19.3 Å². The number of carboxylic acid groups (broad SMARTS) is 1. The van der Waals surface area contributed by atoms with Crippen LogP contribution in [0.3, 0.4) is 0 Å². The fraction of sp³-hybridized carbons (Fsp3) is 0.619. The fourth-order valence-corrected chi connectivity index (χ4v) is 4.70. The van der Waals surface area contributed by atoms with Gasteiger partial charge >= 0.3 is 18.2 Å². The molecule has 2 fully saturated rings. The molecule has 1 saturated heterocycles. The van der Waals surface area contributed by atoms with Gasteiger partial charge in [0.25, 0.3) is 0 Å². The highest BCUT2D eigenvalue weighted by atomic mass is 19.4. The zero-order valence-corrected chi connectivity index (χ0v) is 16.7. The van der Waals surface area contributed by atoms with Crippen LogP contribution in [-0.2, 0) is 4.79 Å². The van der Waals surface area contributed by atoms with E-state index in [0.717, 1.165) is 16.9 Å². The third kappa shape index (κ3) is 4.85. The third-order valence-corrected chi connectivity index (χ3v) is 6.11. The largest absolute Gasteiger partial charge is 0.471 e. The molecule has 3 rings (SSSR count). The molecule has 0 spiro atoms. The van der Waals surface area contributed by atoms with Gasteiger partial charge in [-0.05, 0) is 51.0 Å². The zero-order valence-electron chi connectivity index (χ0n) is 16.7. The molecule has 1 heterocycles. The van der Waals surface area contributed by atoms with Crippen LogP contribution in [0.2, 0.25) is 0 Å². The Morgan fingerprint density at radius 2 is 1.72 bits per heavy atom. The number of hydrogen-bond acceptors (Lipinski definition) is 2. The van der Waals surface area contributed by atoms with Crippen LogP contribution >= 0.6 is 0 Å². The Balaban J connectivity index is 1.61. The van der Waals surface area contributed by atoms with Gasteiger partial charge in [-0.15, -0.1) is 0 Å². The quantitative estimate of drug-likeness (QED) is 0.775. The number of halogens is 3. The molecule has 0 radical (unpaired) electrons. The summed E-state index contributed by atoms with van der Waals surface area (Å²) >= 11 is 0. The number of carbonyl (C=O) groups is 2. The smallest absolute Gasteiger partial charge is 0.465 e. The van der Waals surface area contributed by atoms with Gasteiger partial charge in [0.05, 0.1) is 0 Å². The first kappa shape index (κ1) is 21.5. The second kappa shape index (κ2) is 7.88. The first-order valence-corrected chi connectivity index (χ1v) is 9.94. The Hall–Kier alpha value is -2.25. The predicted molar refractivity (Wildman–Crippen MR) is 102 cm³/mol. The molecule has 2 atom stereocenters. The normalized spacial score (nSPS) is 23.0. The summed E-state index contributed by atoms with van der Waals surface area (Å²) in [5, 5.41) is 9.87. The maximum Gasteiger partial charge on any atom is 0.471 e. The van der Waals surface area contributed by atoms with Crippen LogP contribution < -0.4 is 0 Å². The number of rotatable bonds is 5. The van der Waals surface area contributed by atoms with Crippen LogP contribution in [0.4, 0.5) is 18.0 Å². The van der Waals surface area contributed by atoms with Gasteiger partial charge in [0.15, 0.2) is 0 Å². The van der Waals surface area contributed by atoms with E-state index in [1.807, 2.05) is 44.2 Å². The SMILES string of the molecule is CC(C)(CC1CCN(C(=O)C(F)(F)F)CC1)N(C(=O)O)[C@@H]1C[C@H]1c1ccccc1.